The van der Waals surface area contributed by atoms with Crippen molar-refractivity contribution in [2.24, 2.45) is 5.73 Å². The smallest absolute Gasteiger partial charge is 0.237 e. The van der Waals surface area contributed by atoms with Crippen LogP contribution in [0.4, 0.5) is 10.1 Å². The molecule has 1 heterocycles. The third-order valence-corrected chi connectivity index (χ3v) is 5.18. The average molecular weight is 412 g/mol. The lowest BCUT2D eigenvalue weighted by molar-refractivity contribution is -0.118. The molecule has 0 spiro atoms. The molecule has 3 rings (SSSR count). The molecule has 0 atom stereocenters. The molecule has 1 aromatic heterocycles. The number of benzene rings is 2. The number of carbonyl (C=O) groups is 2. The molecule has 0 aliphatic heterocycles. The fraction of sp³-hybridized carbons (Fsp3) is 0.190. The van der Waals surface area contributed by atoms with Crippen molar-refractivity contribution < 1.29 is 14.0 Å². The first-order valence-corrected chi connectivity index (χ1v) is 10.00. The number of primary amides is 1. The average Bonchev–Trinajstić information content (AvgIpc) is 3.16. The Bertz CT molecular complexity index is 1000. The van der Waals surface area contributed by atoms with Gasteiger partial charge in [-0.3, -0.25) is 14.2 Å². The number of nitrogens with two attached hydrogens (primary N) is 1. The Labute approximate surface area is 172 Å². The third-order valence-electron chi connectivity index (χ3n) is 4.23. The van der Waals surface area contributed by atoms with E-state index in [1.807, 2.05) is 42.0 Å². The zero-order chi connectivity index (χ0) is 20.8. The number of anilines is 1. The van der Waals surface area contributed by atoms with Gasteiger partial charge in [0.25, 0.3) is 0 Å². The predicted molar refractivity (Wildman–Crippen MR) is 112 cm³/mol. The number of rotatable bonds is 8. The van der Waals surface area contributed by atoms with Crippen LogP contribution in [0.25, 0.3) is 5.69 Å². The first-order chi connectivity index (χ1) is 13.9. The summed E-state index contributed by atoms with van der Waals surface area (Å²) >= 11 is 1.29. The van der Waals surface area contributed by atoms with E-state index in [4.69, 9.17) is 5.73 Å². The van der Waals surface area contributed by atoms with E-state index < -0.39 is 11.7 Å². The van der Waals surface area contributed by atoms with Gasteiger partial charge in [0.15, 0.2) is 5.16 Å². The Hall–Kier alpha value is -3.13. The molecular weight excluding hydrogens is 391 g/mol. The van der Waals surface area contributed by atoms with Gasteiger partial charge in [-0.15, -0.1) is 0 Å². The minimum Gasteiger partial charge on any atom is -0.370 e. The van der Waals surface area contributed by atoms with Gasteiger partial charge in [0.1, 0.15) is 5.82 Å². The summed E-state index contributed by atoms with van der Waals surface area (Å²) in [5, 5.41) is 0.679. The molecule has 0 aliphatic carbocycles. The first-order valence-electron chi connectivity index (χ1n) is 9.01. The molecule has 2 aromatic carbocycles. The highest BCUT2D eigenvalue weighted by Gasteiger charge is 2.18. The SMILES string of the molecule is Cc1cccc(-n2ccnc2SCC(=O)N(CCC(N)=O)c2ccc(F)cc2)c1. The largest absolute Gasteiger partial charge is 0.370 e. The highest BCUT2D eigenvalue weighted by molar-refractivity contribution is 7.99. The number of imidazole rings is 1. The minimum absolute atomic E-state index is 0.0195. The van der Waals surface area contributed by atoms with Crippen LogP contribution in [0, 0.1) is 12.7 Å². The second-order valence-electron chi connectivity index (χ2n) is 6.45. The lowest BCUT2D eigenvalue weighted by Crippen LogP contribution is -2.35. The van der Waals surface area contributed by atoms with Crippen LogP contribution in [-0.4, -0.2) is 33.7 Å². The Morgan fingerprint density at radius 3 is 2.66 bits per heavy atom. The van der Waals surface area contributed by atoms with Crippen molar-refractivity contribution >= 4 is 29.3 Å². The lowest BCUT2D eigenvalue weighted by Gasteiger charge is -2.22. The number of aromatic nitrogens is 2. The fourth-order valence-electron chi connectivity index (χ4n) is 2.82. The van der Waals surface area contributed by atoms with Gasteiger partial charge in [0.05, 0.1) is 5.75 Å². The Kier molecular flexibility index (Phi) is 6.66. The van der Waals surface area contributed by atoms with Crippen LogP contribution in [0.2, 0.25) is 0 Å². The summed E-state index contributed by atoms with van der Waals surface area (Å²) in [4.78, 5) is 29.8. The number of hydrogen-bond donors (Lipinski definition) is 1. The number of hydrogen-bond acceptors (Lipinski definition) is 4. The summed E-state index contributed by atoms with van der Waals surface area (Å²) in [5.41, 5.74) is 7.83. The number of amides is 2. The zero-order valence-electron chi connectivity index (χ0n) is 15.9. The maximum Gasteiger partial charge on any atom is 0.237 e. The zero-order valence-corrected chi connectivity index (χ0v) is 16.7. The Morgan fingerprint density at radius 1 is 1.21 bits per heavy atom. The minimum atomic E-state index is -0.507. The van der Waals surface area contributed by atoms with Crippen LogP contribution in [0.1, 0.15) is 12.0 Å². The third kappa shape index (κ3) is 5.45. The van der Waals surface area contributed by atoms with Gasteiger partial charge >= 0.3 is 0 Å². The molecule has 8 heteroatoms. The number of aryl methyl sites for hydroxylation is 1. The highest BCUT2D eigenvalue weighted by atomic mass is 32.2. The molecule has 0 saturated carbocycles. The lowest BCUT2D eigenvalue weighted by atomic mass is 10.2. The van der Waals surface area contributed by atoms with Crippen LogP contribution in [0.3, 0.4) is 0 Å². The molecule has 2 amide bonds. The number of carbonyl (C=O) groups excluding carboxylic acids is 2. The second kappa shape index (κ2) is 9.38. The van der Waals surface area contributed by atoms with Crippen molar-refractivity contribution in [2.45, 2.75) is 18.5 Å². The number of nitrogens with zero attached hydrogens (tertiary/aromatic N) is 3. The predicted octanol–water partition coefficient (Wildman–Crippen LogP) is 3.32. The normalized spacial score (nSPS) is 10.7. The molecule has 6 nitrogen and oxygen atoms in total. The van der Waals surface area contributed by atoms with Gasteiger partial charge in [-0.1, -0.05) is 23.9 Å². The maximum absolute atomic E-state index is 13.2. The van der Waals surface area contributed by atoms with Gasteiger partial charge in [-0.2, -0.15) is 0 Å². The highest BCUT2D eigenvalue weighted by Crippen LogP contribution is 2.23. The molecule has 0 saturated heterocycles. The van der Waals surface area contributed by atoms with Crippen LogP contribution in [0.15, 0.2) is 66.1 Å². The summed E-state index contributed by atoms with van der Waals surface area (Å²) in [5.74, 6) is -1.02. The van der Waals surface area contributed by atoms with Crippen LogP contribution in [0.5, 0.6) is 0 Å². The Morgan fingerprint density at radius 2 is 1.97 bits per heavy atom. The van der Waals surface area contributed by atoms with E-state index in [9.17, 15) is 14.0 Å². The molecule has 29 heavy (non-hydrogen) atoms. The van der Waals surface area contributed by atoms with E-state index in [0.29, 0.717) is 10.8 Å². The van der Waals surface area contributed by atoms with Gasteiger partial charge in [0.2, 0.25) is 11.8 Å². The van der Waals surface area contributed by atoms with Gasteiger partial charge in [-0.05, 0) is 48.9 Å². The molecule has 0 fully saturated rings. The van der Waals surface area contributed by atoms with Crippen molar-refractivity contribution in [3.8, 4) is 5.69 Å². The van der Waals surface area contributed by atoms with Crippen molar-refractivity contribution in [3.05, 3.63) is 72.3 Å². The molecular formula is C21H21FN4O2S. The molecule has 150 valence electrons. The molecule has 3 aromatic rings. The Balaban J connectivity index is 1.74. The van der Waals surface area contributed by atoms with Crippen molar-refractivity contribution in [1.29, 1.82) is 0 Å². The van der Waals surface area contributed by atoms with Crippen molar-refractivity contribution in [2.75, 3.05) is 17.2 Å². The van der Waals surface area contributed by atoms with Crippen LogP contribution < -0.4 is 10.6 Å². The van der Waals surface area contributed by atoms with E-state index in [1.54, 1.807) is 6.20 Å². The molecule has 0 bridgehead atoms. The molecule has 2 N–H and O–H groups in total. The van der Waals surface area contributed by atoms with Gasteiger partial charge in [0, 0.05) is 36.7 Å². The molecule has 0 radical (unpaired) electrons. The maximum atomic E-state index is 13.2. The standard InChI is InChI=1S/C21H21FN4O2S/c1-15-3-2-4-18(13-15)26-12-10-24-21(26)29-14-20(28)25(11-9-19(23)27)17-7-5-16(22)6-8-17/h2-8,10,12-13H,9,11,14H2,1H3,(H2,23,27). The quantitative estimate of drug-likeness (QED) is 0.576. The van der Waals surface area contributed by atoms with Crippen molar-refractivity contribution in [1.82, 2.24) is 9.55 Å². The van der Waals surface area contributed by atoms with E-state index in [0.717, 1.165) is 11.3 Å². The summed E-state index contributed by atoms with van der Waals surface area (Å²) < 4.78 is 15.2. The number of thioether (sulfide) groups is 1. The van der Waals surface area contributed by atoms with Crippen molar-refractivity contribution in [3.63, 3.8) is 0 Å². The first kappa shape index (κ1) is 20.6. The van der Waals surface area contributed by atoms with Crippen LogP contribution in [-0.2, 0) is 9.59 Å². The van der Waals surface area contributed by atoms with E-state index in [2.05, 4.69) is 4.98 Å². The monoisotopic (exact) mass is 412 g/mol. The van der Waals surface area contributed by atoms with E-state index >= 15 is 0 Å². The topological polar surface area (TPSA) is 81.2 Å². The number of halogens is 1. The summed E-state index contributed by atoms with van der Waals surface area (Å²) in [6.45, 7) is 2.14. The van der Waals surface area contributed by atoms with E-state index in [1.165, 1.54) is 40.9 Å². The molecule has 0 aliphatic rings. The summed E-state index contributed by atoms with van der Waals surface area (Å²) in [6, 6.07) is 13.5. The molecule has 0 unspecified atom stereocenters. The second-order valence-corrected chi connectivity index (χ2v) is 7.39. The summed E-state index contributed by atoms with van der Waals surface area (Å²) in [6.07, 6.45) is 3.54. The van der Waals surface area contributed by atoms with E-state index in [-0.39, 0.29) is 24.6 Å². The van der Waals surface area contributed by atoms with Gasteiger partial charge < -0.3 is 10.6 Å². The van der Waals surface area contributed by atoms with Crippen LogP contribution >= 0.6 is 11.8 Å². The summed E-state index contributed by atoms with van der Waals surface area (Å²) in [7, 11) is 0. The fourth-order valence-corrected chi connectivity index (χ4v) is 3.67. The van der Waals surface area contributed by atoms with Gasteiger partial charge in [-0.25, -0.2) is 9.37 Å².